The highest BCUT2D eigenvalue weighted by Crippen LogP contribution is 2.27. The van der Waals surface area contributed by atoms with E-state index in [9.17, 15) is 22.4 Å². The zero-order valence-corrected chi connectivity index (χ0v) is 25.9. The second-order valence-electron chi connectivity index (χ2n) is 9.54. The van der Waals surface area contributed by atoms with Gasteiger partial charge in [0.1, 0.15) is 24.2 Å². The van der Waals surface area contributed by atoms with Crippen molar-refractivity contribution in [1.29, 1.82) is 0 Å². The predicted molar refractivity (Wildman–Crippen MR) is 161 cm³/mol. The maximum absolute atomic E-state index is 14.0. The molecule has 0 bridgehead atoms. The number of sulfonamides is 1. The van der Waals surface area contributed by atoms with E-state index in [1.165, 1.54) is 17.0 Å². The molecule has 0 aliphatic carbocycles. The van der Waals surface area contributed by atoms with Gasteiger partial charge in [-0.2, -0.15) is 0 Å². The fourth-order valence-corrected chi connectivity index (χ4v) is 5.88. The first kappa shape index (κ1) is 32.1. The first-order valence-electron chi connectivity index (χ1n) is 13.3. The Morgan fingerprint density at radius 2 is 1.66 bits per heavy atom. The van der Waals surface area contributed by atoms with Crippen LogP contribution in [0.15, 0.2) is 82.2 Å². The number of hydrogen-bond donors (Lipinski definition) is 1. The fourth-order valence-electron chi connectivity index (χ4n) is 4.02. The van der Waals surface area contributed by atoms with Gasteiger partial charge in [-0.3, -0.25) is 13.9 Å². The van der Waals surface area contributed by atoms with Crippen molar-refractivity contribution < 1.29 is 27.1 Å². The van der Waals surface area contributed by atoms with Crippen LogP contribution in [0.2, 0.25) is 0 Å². The molecule has 0 aliphatic heterocycles. The van der Waals surface area contributed by atoms with Crippen molar-refractivity contribution in [3.8, 4) is 5.75 Å². The van der Waals surface area contributed by atoms with E-state index >= 15 is 0 Å². The van der Waals surface area contributed by atoms with Crippen molar-refractivity contribution in [3.05, 3.63) is 88.6 Å². The van der Waals surface area contributed by atoms with Crippen LogP contribution in [0.3, 0.4) is 0 Å². The summed E-state index contributed by atoms with van der Waals surface area (Å²) in [7, 11) is -4.30. The summed E-state index contributed by atoms with van der Waals surface area (Å²) in [5.74, 6) is -0.990. The smallest absolute Gasteiger partial charge is 0.264 e. The fraction of sp³-hybridized carbons (Fsp3) is 0.333. The number of benzene rings is 3. The van der Waals surface area contributed by atoms with E-state index in [1.807, 2.05) is 45.0 Å². The van der Waals surface area contributed by atoms with Crippen molar-refractivity contribution in [2.45, 2.75) is 57.6 Å². The lowest BCUT2D eigenvalue weighted by atomic mass is 10.1. The molecular weight excluding hydrogens is 613 g/mol. The Morgan fingerprint density at radius 1 is 1.00 bits per heavy atom. The Labute approximate surface area is 249 Å². The third-order valence-electron chi connectivity index (χ3n) is 6.53. The lowest BCUT2D eigenvalue weighted by Gasteiger charge is -2.32. The van der Waals surface area contributed by atoms with Crippen molar-refractivity contribution in [1.82, 2.24) is 10.2 Å². The Kier molecular flexibility index (Phi) is 11.3. The zero-order chi connectivity index (χ0) is 30.2. The highest BCUT2D eigenvalue weighted by molar-refractivity contribution is 9.10. The van der Waals surface area contributed by atoms with E-state index < -0.39 is 34.3 Å². The number of ether oxygens (including phenoxy) is 1. The third-order valence-corrected chi connectivity index (χ3v) is 8.81. The van der Waals surface area contributed by atoms with Crippen molar-refractivity contribution in [2.24, 2.45) is 0 Å². The summed E-state index contributed by atoms with van der Waals surface area (Å²) >= 11 is 3.43. The molecule has 3 rings (SSSR count). The van der Waals surface area contributed by atoms with Gasteiger partial charge < -0.3 is 15.0 Å². The molecule has 1 N–H and O–H groups in total. The van der Waals surface area contributed by atoms with Gasteiger partial charge in [-0.05, 0) is 93.4 Å². The Bertz CT molecular complexity index is 1440. The van der Waals surface area contributed by atoms with E-state index in [0.717, 1.165) is 38.6 Å². The average Bonchev–Trinajstić information content (AvgIpc) is 2.95. The topological polar surface area (TPSA) is 96.0 Å². The van der Waals surface area contributed by atoms with Gasteiger partial charge in [-0.25, -0.2) is 12.8 Å². The standard InChI is InChI=1S/C30H35BrFN3O5S/c1-5-21(3)33-30(37)22(4)34(19-23-8-7-9-24(31)18-23)29(36)20-35(26-12-14-27(15-13-26)40-6-2)41(38,39)28-16-10-25(32)11-17-28/h7-18,21-22H,5-6,19-20H2,1-4H3,(H,33,37)/t21-,22-/m1/s1. The van der Waals surface area contributed by atoms with Crippen LogP contribution >= 0.6 is 15.9 Å². The summed E-state index contributed by atoms with van der Waals surface area (Å²) in [5, 5.41) is 2.90. The summed E-state index contributed by atoms with van der Waals surface area (Å²) < 4.78 is 48.5. The molecule has 0 saturated heterocycles. The summed E-state index contributed by atoms with van der Waals surface area (Å²) in [4.78, 5) is 28.3. The Morgan fingerprint density at radius 3 is 2.24 bits per heavy atom. The number of nitrogens with zero attached hydrogens (tertiary/aromatic N) is 2. The number of nitrogens with one attached hydrogen (secondary N) is 1. The Hall–Kier alpha value is -3.44. The molecule has 0 fully saturated rings. The van der Waals surface area contributed by atoms with Crippen LogP contribution in [-0.4, -0.2) is 50.4 Å². The maximum Gasteiger partial charge on any atom is 0.264 e. The SMILES string of the molecule is CCOc1ccc(N(CC(=O)N(Cc2cccc(Br)c2)[C@H](C)C(=O)N[C@H](C)CC)S(=O)(=O)c2ccc(F)cc2)cc1. The lowest BCUT2D eigenvalue weighted by Crippen LogP contribution is -2.52. The molecule has 11 heteroatoms. The van der Waals surface area contributed by atoms with E-state index in [4.69, 9.17) is 4.74 Å². The normalized spacial score (nSPS) is 12.7. The number of hydrogen-bond acceptors (Lipinski definition) is 5. The number of carbonyl (C=O) groups is 2. The zero-order valence-electron chi connectivity index (χ0n) is 23.5. The van der Waals surface area contributed by atoms with Gasteiger partial charge in [0, 0.05) is 17.1 Å². The van der Waals surface area contributed by atoms with Crippen LogP contribution in [0.1, 0.15) is 39.7 Å². The van der Waals surface area contributed by atoms with Crippen LogP contribution in [0.25, 0.3) is 0 Å². The van der Waals surface area contributed by atoms with Crippen LogP contribution in [0.4, 0.5) is 10.1 Å². The maximum atomic E-state index is 14.0. The highest BCUT2D eigenvalue weighted by atomic mass is 79.9. The molecule has 0 unspecified atom stereocenters. The number of rotatable bonds is 13. The van der Waals surface area contributed by atoms with Crippen molar-refractivity contribution in [3.63, 3.8) is 0 Å². The van der Waals surface area contributed by atoms with Gasteiger partial charge >= 0.3 is 0 Å². The van der Waals surface area contributed by atoms with E-state index in [0.29, 0.717) is 18.8 Å². The molecule has 8 nitrogen and oxygen atoms in total. The minimum atomic E-state index is -4.30. The van der Waals surface area contributed by atoms with Crippen LogP contribution in [0.5, 0.6) is 5.75 Å². The molecule has 2 atom stereocenters. The quantitative estimate of drug-likeness (QED) is 0.264. The summed E-state index contributed by atoms with van der Waals surface area (Å²) in [6, 6.07) is 17.0. The first-order chi connectivity index (χ1) is 19.5. The molecule has 3 aromatic rings. The van der Waals surface area contributed by atoms with E-state index in [-0.39, 0.29) is 29.1 Å². The van der Waals surface area contributed by atoms with Gasteiger partial charge in [0.05, 0.1) is 17.2 Å². The van der Waals surface area contributed by atoms with Gasteiger partial charge in [0.2, 0.25) is 11.8 Å². The number of anilines is 1. The van der Waals surface area contributed by atoms with Crippen molar-refractivity contribution in [2.75, 3.05) is 17.5 Å². The van der Waals surface area contributed by atoms with Gasteiger partial charge in [-0.1, -0.05) is 35.0 Å². The Balaban J connectivity index is 2.03. The van der Waals surface area contributed by atoms with Gasteiger partial charge in [-0.15, -0.1) is 0 Å². The van der Waals surface area contributed by atoms with Crippen molar-refractivity contribution >= 4 is 43.5 Å². The monoisotopic (exact) mass is 647 g/mol. The second kappa shape index (κ2) is 14.5. The summed E-state index contributed by atoms with van der Waals surface area (Å²) in [6.45, 7) is 7.16. The molecule has 0 radical (unpaired) electrons. The summed E-state index contributed by atoms with van der Waals surface area (Å²) in [6.07, 6.45) is 0.708. The number of amides is 2. The van der Waals surface area contributed by atoms with Crippen LogP contribution < -0.4 is 14.4 Å². The molecule has 3 aromatic carbocycles. The molecule has 0 spiro atoms. The molecule has 2 amide bonds. The molecule has 220 valence electrons. The van der Waals surface area contributed by atoms with Gasteiger partial charge in [0.15, 0.2) is 0 Å². The van der Waals surface area contributed by atoms with Crippen LogP contribution in [0, 0.1) is 5.82 Å². The largest absolute Gasteiger partial charge is 0.494 e. The van der Waals surface area contributed by atoms with Gasteiger partial charge in [0.25, 0.3) is 10.0 Å². The molecule has 0 aliphatic rings. The third kappa shape index (κ3) is 8.53. The minimum absolute atomic E-state index is 0.0705. The molecule has 0 saturated carbocycles. The molecule has 0 heterocycles. The molecule has 0 aromatic heterocycles. The summed E-state index contributed by atoms with van der Waals surface area (Å²) in [5.41, 5.74) is 0.968. The minimum Gasteiger partial charge on any atom is -0.494 e. The molecule has 41 heavy (non-hydrogen) atoms. The average molecular weight is 649 g/mol. The van der Waals surface area contributed by atoms with E-state index in [2.05, 4.69) is 21.2 Å². The highest BCUT2D eigenvalue weighted by Gasteiger charge is 2.33. The predicted octanol–water partition coefficient (Wildman–Crippen LogP) is 5.51. The van der Waals surface area contributed by atoms with Crippen LogP contribution in [-0.2, 0) is 26.2 Å². The second-order valence-corrected chi connectivity index (χ2v) is 12.3. The molecular formula is C30H35BrFN3O5S. The first-order valence-corrected chi connectivity index (χ1v) is 15.5. The number of halogens is 2. The lowest BCUT2D eigenvalue weighted by molar-refractivity contribution is -0.139. The number of carbonyl (C=O) groups excluding carboxylic acids is 2. The van der Waals surface area contributed by atoms with E-state index in [1.54, 1.807) is 19.1 Å².